The molecule has 3 rings (SSSR count). The first-order valence-corrected chi connectivity index (χ1v) is 8.56. The van der Waals surface area contributed by atoms with E-state index in [2.05, 4.69) is 5.32 Å². The van der Waals surface area contributed by atoms with Crippen LogP contribution < -0.4 is 5.32 Å². The van der Waals surface area contributed by atoms with Gasteiger partial charge in [-0.05, 0) is 18.9 Å². The van der Waals surface area contributed by atoms with E-state index < -0.39 is 11.9 Å². The van der Waals surface area contributed by atoms with Crippen LogP contribution >= 0.6 is 0 Å². The Kier molecular flexibility index (Phi) is 5.14. The van der Waals surface area contributed by atoms with Crippen molar-refractivity contribution in [3.8, 4) is 0 Å². The van der Waals surface area contributed by atoms with Crippen LogP contribution in [-0.2, 0) is 9.59 Å². The summed E-state index contributed by atoms with van der Waals surface area (Å²) in [6.07, 6.45) is 3.44. The molecule has 24 heavy (non-hydrogen) atoms. The number of nitrogens with one attached hydrogen (secondary N) is 1. The summed E-state index contributed by atoms with van der Waals surface area (Å²) in [6.45, 7) is 0.388. The minimum Gasteiger partial charge on any atom is -0.386 e. The molecule has 1 aromatic carbocycles. The summed E-state index contributed by atoms with van der Waals surface area (Å²) in [7, 11) is 0. The minimum absolute atomic E-state index is 0.0386. The fraction of sp³-hybridized carbons (Fsp3) is 0.556. The average Bonchev–Trinajstić information content (AvgIpc) is 3.22. The van der Waals surface area contributed by atoms with E-state index in [1.165, 1.54) is 12.1 Å². The van der Waals surface area contributed by atoms with Crippen molar-refractivity contribution < 1.29 is 19.1 Å². The summed E-state index contributed by atoms with van der Waals surface area (Å²) in [4.78, 5) is 26.2. The van der Waals surface area contributed by atoms with E-state index in [-0.39, 0.29) is 42.3 Å². The molecule has 1 heterocycles. The molecular formula is C18H23FN2O3. The van der Waals surface area contributed by atoms with E-state index in [0.717, 1.165) is 25.7 Å². The Labute approximate surface area is 140 Å². The second-order valence-corrected chi connectivity index (χ2v) is 6.67. The van der Waals surface area contributed by atoms with Crippen molar-refractivity contribution in [1.29, 1.82) is 0 Å². The van der Waals surface area contributed by atoms with Crippen molar-refractivity contribution in [1.82, 2.24) is 10.2 Å². The van der Waals surface area contributed by atoms with Gasteiger partial charge in [-0.1, -0.05) is 31.0 Å². The number of carbonyl (C=O) groups is 2. The van der Waals surface area contributed by atoms with Gasteiger partial charge in [0, 0.05) is 31.1 Å². The number of rotatable bonds is 5. The minimum atomic E-state index is -1.10. The number of likely N-dealkylation sites (tertiary alicyclic amines) is 1. The highest BCUT2D eigenvalue weighted by atomic mass is 19.1. The number of hydrogen-bond donors (Lipinski definition) is 2. The van der Waals surface area contributed by atoms with Crippen LogP contribution in [0.5, 0.6) is 0 Å². The molecule has 2 fully saturated rings. The van der Waals surface area contributed by atoms with Gasteiger partial charge in [-0.25, -0.2) is 4.39 Å². The first-order chi connectivity index (χ1) is 11.6. The summed E-state index contributed by atoms with van der Waals surface area (Å²) in [5, 5.41) is 12.7. The number of nitrogens with zero attached hydrogens (tertiary/aromatic N) is 1. The number of carbonyl (C=O) groups excluding carboxylic acids is 2. The third-order valence-corrected chi connectivity index (χ3v) is 5.03. The Morgan fingerprint density at radius 1 is 1.33 bits per heavy atom. The van der Waals surface area contributed by atoms with Crippen LogP contribution in [0.3, 0.4) is 0 Å². The molecule has 0 bridgehead atoms. The first-order valence-electron chi connectivity index (χ1n) is 8.56. The fourth-order valence-corrected chi connectivity index (χ4v) is 3.67. The van der Waals surface area contributed by atoms with E-state index in [9.17, 15) is 19.1 Å². The molecule has 2 amide bonds. The van der Waals surface area contributed by atoms with E-state index in [1.54, 1.807) is 12.1 Å². The standard InChI is InChI=1S/C18H23FN2O3/c19-15-8-4-3-7-14(15)16(22)10-20-18(24)12-9-17(23)21(11-12)13-5-1-2-6-13/h3-4,7-8,12-13,16,22H,1-2,5-6,9-11H2,(H,20,24). The van der Waals surface area contributed by atoms with Crippen LogP contribution in [-0.4, -0.2) is 41.0 Å². The van der Waals surface area contributed by atoms with Gasteiger partial charge < -0.3 is 15.3 Å². The molecule has 5 nitrogen and oxygen atoms in total. The largest absolute Gasteiger partial charge is 0.386 e. The predicted molar refractivity (Wildman–Crippen MR) is 86.4 cm³/mol. The van der Waals surface area contributed by atoms with Crippen LogP contribution in [0.1, 0.15) is 43.8 Å². The number of hydrogen-bond acceptors (Lipinski definition) is 3. The Balaban J connectivity index is 1.52. The molecule has 0 aromatic heterocycles. The van der Waals surface area contributed by atoms with Gasteiger partial charge in [-0.15, -0.1) is 0 Å². The molecule has 130 valence electrons. The molecule has 2 aliphatic rings. The Morgan fingerprint density at radius 3 is 2.75 bits per heavy atom. The highest BCUT2D eigenvalue weighted by Gasteiger charge is 2.38. The summed E-state index contributed by atoms with van der Waals surface area (Å²) in [6, 6.07) is 6.23. The van der Waals surface area contributed by atoms with Crippen molar-refractivity contribution >= 4 is 11.8 Å². The number of halogens is 1. The van der Waals surface area contributed by atoms with Gasteiger partial charge in [-0.2, -0.15) is 0 Å². The zero-order valence-corrected chi connectivity index (χ0v) is 13.6. The number of aliphatic hydroxyl groups excluding tert-OH is 1. The average molecular weight is 334 g/mol. The molecule has 1 aliphatic heterocycles. The monoisotopic (exact) mass is 334 g/mol. The molecule has 2 N–H and O–H groups in total. The van der Waals surface area contributed by atoms with Crippen molar-refractivity contribution in [3.63, 3.8) is 0 Å². The Morgan fingerprint density at radius 2 is 2.04 bits per heavy atom. The van der Waals surface area contributed by atoms with Crippen LogP contribution in [0.25, 0.3) is 0 Å². The van der Waals surface area contributed by atoms with Crippen molar-refractivity contribution in [2.75, 3.05) is 13.1 Å². The van der Waals surface area contributed by atoms with Crippen molar-refractivity contribution in [2.45, 2.75) is 44.2 Å². The van der Waals surface area contributed by atoms with Crippen LogP contribution in [0.2, 0.25) is 0 Å². The lowest BCUT2D eigenvalue weighted by atomic mass is 10.1. The van der Waals surface area contributed by atoms with Gasteiger partial charge in [0.1, 0.15) is 5.82 Å². The van der Waals surface area contributed by atoms with E-state index in [4.69, 9.17) is 0 Å². The SMILES string of the molecule is O=C(NCC(O)c1ccccc1F)C1CC(=O)N(C2CCCC2)C1. The van der Waals surface area contributed by atoms with E-state index in [1.807, 2.05) is 4.90 Å². The maximum absolute atomic E-state index is 13.6. The van der Waals surface area contributed by atoms with E-state index in [0.29, 0.717) is 6.54 Å². The first kappa shape index (κ1) is 16.9. The molecular weight excluding hydrogens is 311 g/mol. The Bertz CT molecular complexity index is 616. The van der Waals surface area contributed by atoms with Crippen LogP contribution in [0.4, 0.5) is 4.39 Å². The second kappa shape index (κ2) is 7.30. The lowest BCUT2D eigenvalue weighted by Crippen LogP contribution is -2.38. The number of benzene rings is 1. The predicted octanol–water partition coefficient (Wildman–Crippen LogP) is 1.77. The summed E-state index contributed by atoms with van der Waals surface area (Å²) in [5.41, 5.74) is 0.160. The molecule has 6 heteroatoms. The van der Waals surface area contributed by atoms with Gasteiger partial charge in [0.2, 0.25) is 11.8 Å². The normalized spacial score (nSPS) is 22.8. The molecule has 1 aromatic rings. The fourth-order valence-electron chi connectivity index (χ4n) is 3.67. The van der Waals surface area contributed by atoms with Crippen LogP contribution in [0, 0.1) is 11.7 Å². The molecule has 2 unspecified atom stereocenters. The van der Waals surface area contributed by atoms with Gasteiger partial charge in [0.15, 0.2) is 0 Å². The summed E-state index contributed by atoms with van der Waals surface area (Å²) in [5.74, 6) is -1.09. The smallest absolute Gasteiger partial charge is 0.225 e. The summed E-state index contributed by atoms with van der Waals surface area (Å²) < 4.78 is 13.6. The van der Waals surface area contributed by atoms with Crippen molar-refractivity contribution in [2.24, 2.45) is 5.92 Å². The van der Waals surface area contributed by atoms with Gasteiger partial charge in [0.05, 0.1) is 12.0 Å². The highest BCUT2D eigenvalue weighted by molar-refractivity contribution is 5.89. The zero-order valence-electron chi connectivity index (χ0n) is 13.6. The Hall–Kier alpha value is -1.95. The molecule has 1 saturated heterocycles. The zero-order chi connectivity index (χ0) is 17.1. The number of amides is 2. The van der Waals surface area contributed by atoms with E-state index >= 15 is 0 Å². The molecule has 1 saturated carbocycles. The highest BCUT2D eigenvalue weighted by Crippen LogP contribution is 2.29. The van der Waals surface area contributed by atoms with Gasteiger partial charge in [0.25, 0.3) is 0 Å². The van der Waals surface area contributed by atoms with Crippen molar-refractivity contribution in [3.05, 3.63) is 35.6 Å². The maximum Gasteiger partial charge on any atom is 0.225 e. The quantitative estimate of drug-likeness (QED) is 0.862. The number of aliphatic hydroxyl groups is 1. The molecule has 0 radical (unpaired) electrons. The third kappa shape index (κ3) is 3.59. The van der Waals surface area contributed by atoms with Gasteiger partial charge in [-0.3, -0.25) is 9.59 Å². The molecule has 1 aliphatic carbocycles. The second-order valence-electron chi connectivity index (χ2n) is 6.67. The lowest BCUT2D eigenvalue weighted by molar-refractivity contribution is -0.130. The van der Waals surface area contributed by atoms with Crippen LogP contribution in [0.15, 0.2) is 24.3 Å². The molecule has 0 spiro atoms. The summed E-state index contributed by atoms with van der Waals surface area (Å²) >= 11 is 0. The topological polar surface area (TPSA) is 69.6 Å². The molecule has 2 atom stereocenters. The van der Waals surface area contributed by atoms with Gasteiger partial charge >= 0.3 is 0 Å². The maximum atomic E-state index is 13.6. The third-order valence-electron chi connectivity index (χ3n) is 5.03. The lowest BCUT2D eigenvalue weighted by Gasteiger charge is -2.24.